The molecule has 1 unspecified atom stereocenters. The molecular formula is C13H24N2O. The molecule has 3 rings (SSSR count). The summed E-state index contributed by atoms with van der Waals surface area (Å²) in [5.74, 6) is 0.849. The van der Waals surface area contributed by atoms with Crippen LogP contribution in [0.1, 0.15) is 38.5 Å². The maximum atomic E-state index is 6.33. The first kappa shape index (κ1) is 11.0. The number of hydrogen-bond donors (Lipinski definition) is 1. The lowest BCUT2D eigenvalue weighted by Gasteiger charge is -2.48. The van der Waals surface area contributed by atoms with Crippen molar-refractivity contribution in [3.05, 3.63) is 0 Å². The van der Waals surface area contributed by atoms with Crippen LogP contribution in [0.15, 0.2) is 0 Å². The van der Waals surface area contributed by atoms with Crippen molar-refractivity contribution < 1.29 is 4.74 Å². The van der Waals surface area contributed by atoms with Crippen LogP contribution in [0.25, 0.3) is 0 Å². The second-order valence-electron chi connectivity index (χ2n) is 6.00. The van der Waals surface area contributed by atoms with Gasteiger partial charge in [-0.15, -0.1) is 0 Å². The minimum Gasteiger partial charge on any atom is -0.378 e. The van der Waals surface area contributed by atoms with Gasteiger partial charge in [0.05, 0.1) is 6.10 Å². The first-order valence-corrected chi connectivity index (χ1v) is 6.89. The topological polar surface area (TPSA) is 38.5 Å². The Balaban J connectivity index is 1.29. The van der Waals surface area contributed by atoms with Gasteiger partial charge in [0.2, 0.25) is 0 Å². The molecule has 0 spiro atoms. The van der Waals surface area contributed by atoms with Gasteiger partial charge < -0.3 is 10.5 Å². The highest BCUT2D eigenvalue weighted by Crippen LogP contribution is 2.42. The molecule has 0 amide bonds. The molecule has 1 atom stereocenters. The van der Waals surface area contributed by atoms with Crippen molar-refractivity contribution in [2.75, 3.05) is 26.2 Å². The summed E-state index contributed by atoms with van der Waals surface area (Å²) in [4.78, 5) is 2.52. The molecule has 2 heterocycles. The van der Waals surface area contributed by atoms with E-state index < -0.39 is 0 Å². The number of likely N-dealkylation sites (tertiary alicyclic amines) is 1. The van der Waals surface area contributed by atoms with E-state index in [1.165, 1.54) is 45.1 Å². The van der Waals surface area contributed by atoms with Crippen LogP contribution in [0.4, 0.5) is 0 Å². The molecule has 2 saturated heterocycles. The molecule has 2 N–H and O–H groups in total. The maximum Gasteiger partial charge on any atom is 0.0576 e. The van der Waals surface area contributed by atoms with Crippen LogP contribution < -0.4 is 5.73 Å². The van der Waals surface area contributed by atoms with E-state index in [-0.39, 0.29) is 5.54 Å². The molecule has 3 nitrogen and oxygen atoms in total. The lowest BCUT2D eigenvalue weighted by Crippen LogP contribution is -2.68. The predicted octanol–water partition coefficient (Wildman–Crippen LogP) is 1.37. The number of hydrogen-bond acceptors (Lipinski definition) is 3. The second kappa shape index (κ2) is 4.28. The van der Waals surface area contributed by atoms with E-state index in [1.54, 1.807) is 0 Å². The minimum absolute atomic E-state index is 0.198. The van der Waals surface area contributed by atoms with Gasteiger partial charge in [-0.25, -0.2) is 0 Å². The summed E-state index contributed by atoms with van der Waals surface area (Å²) in [6, 6.07) is 0. The Morgan fingerprint density at radius 3 is 2.69 bits per heavy atom. The van der Waals surface area contributed by atoms with Gasteiger partial charge in [-0.3, -0.25) is 4.90 Å². The average molecular weight is 224 g/mol. The summed E-state index contributed by atoms with van der Waals surface area (Å²) in [5, 5.41) is 0. The van der Waals surface area contributed by atoms with Gasteiger partial charge in [-0.2, -0.15) is 0 Å². The highest BCUT2D eigenvalue weighted by molar-refractivity contribution is 5.08. The zero-order valence-corrected chi connectivity index (χ0v) is 10.2. The van der Waals surface area contributed by atoms with Gasteiger partial charge in [0, 0.05) is 25.2 Å². The third-order valence-electron chi connectivity index (χ3n) is 4.45. The highest BCUT2D eigenvalue weighted by atomic mass is 16.5. The number of rotatable bonds is 5. The summed E-state index contributed by atoms with van der Waals surface area (Å²) in [5.41, 5.74) is 6.52. The molecule has 3 aliphatic rings. The van der Waals surface area contributed by atoms with Crippen molar-refractivity contribution in [3.63, 3.8) is 0 Å². The van der Waals surface area contributed by atoms with Crippen molar-refractivity contribution in [1.82, 2.24) is 4.90 Å². The number of ether oxygens (including phenoxy) is 1. The van der Waals surface area contributed by atoms with Crippen LogP contribution in [0.5, 0.6) is 0 Å². The number of nitrogens with two attached hydrogens (primary N) is 1. The van der Waals surface area contributed by atoms with Gasteiger partial charge in [0.25, 0.3) is 0 Å². The first-order chi connectivity index (χ1) is 7.76. The molecule has 0 aromatic carbocycles. The molecule has 1 saturated carbocycles. The van der Waals surface area contributed by atoms with E-state index in [4.69, 9.17) is 10.5 Å². The van der Waals surface area contributed by atoms with Crippen LogP contribution in [-0.2, 0) is 4.74 Å². The second-order valence-corrected chi connectivity index (χ2v) is 6.00. The first-order valence-electron chi connectivity index (χ1n) is 6.89. The maximum absolute atomic E-state index is 6.33. The summed E-state index contributed by atoms with van der Waals surface area (Å²) in [6.45, 7) is 4.50. The Kier molecular flexibility index (Phi) is 2.94. The van der Waals surface area contributed by atoms with Crippen molar-refractivity contribution in [2.45, 2.75) is 50.2 Å². The fourth-order valence-electron chi connectivity index (χ4n) is 3.28. The van der Waals surface area contributed by atoms with Gasteiger partial charge in [-0.1, -0.05) is 0 Å². The van der Waals surface area contributed by atoms with E-state index in [2.05, 4.69) is 4.90 Å². The molecule has 3 heteroatoms. The smallest absolute Gasteiger partial charge is 0.0576 e. The lowest BCUT2D eigenvalue weighted by atomic mass is 9.85. The molecule has 0 bridgehead atoms. The van der Waals surface area contributed by atoms with Crippen LogP contribution >= 0.6 is 0 Å². The van der Waals surface area contributed by atoms with E-state index in [9.17, 15) is 0 Å². The molecule has 92 valence electrons. The Morgan fingerprint density at radius 1 is 1.25 bits per heavy atom. The zero-order valence-electron chi connectivity index (χ0n) is 10.2. The van der Waals surface area contributed by atoms with Crippen LogP contribution in [-0.4, -0.2) is 42.8 Å². The highest BCUT2D eigenvalue weighted by Gasteiger charge is 2.49. The predicted molar refractivity (Wildman–Crippen MR) is 64.3 cm³/mol. The van der Waals surface area contributed by atoms with Gasteiger partial charge in [-0.05, 0) is 51.0 Å². The van der Waals surface area contributed by atoms with Crippen molar-refractivity contribution in [2.24, 2.45) is 11.7 Å². The minimum atomic E-state index is 0.198. The molecule has 0 aromatic rings. The molecular weight excluding hydrogens is 200 g/mol. The van der Waals surface area contributed by atoms with Crippen molar-refractivity contribution in [1.29, 1.82) is 0 Å². The van der Waals surface area contributed by atoms with Gasteiger partial charge >= 0.3 is 0 Å². The van der Waals surface area contributed by atoms with Crippen LogP contribution in [0, 0.1) is 5.92 Å². The Bertz CT molecular complexity index is 240. The van der Waals surface area contributed by atoms with Crippen molar-refractivity contribution in [3.8, 4) is 0 Å². The van der Waals surface area contributed by atoms with E-state index >= 15 is 0 Å². The molecule has 0 aromatic heterocycles. The third-order valence-corrected chi connectivity index (χ3v) is 4.45. The Labute approximate surface area is 98.3 Å². The molecule has 2 aliphatic heterocycles. The summed E-state index contributed by atoms with van der Waals surface area (Å²) in [6.07, 6.45) is 8.39. The third kappa shape index (κ3) is 2.27. The standard InChI is InChI=1S/C13H24N2O/c14-13(11-5-6-11)9-15(10-13)7-1-3-12-4-2-8-16-12/h11-12H,1-10,14H2. The SMILES string of the molecule is NC1(C2CC2)CN(CCCC2CCCO2)C1. The summed E-state index contributed by atoms with van der Waals surface area (Å²) < 4.78 is 5.63. The number of nitrogens with zero attached hydrogens (tertiary/aromatic N) is 1. The van der Waals surface area contributed by atoms with Crippen molar-refractivity contribution >= 4 is 0 Å². The normalized spacial score (nSPS) is 33.9. The summed E-state index contributed by atoms with van der Waals surface area (Å²) >= 11 is 0. The quantitative estimate of drug-likeness (QED) is 0.766. The molecule has 16 heavy (non-hydrogen) atoms. The Morgan fingerprint density at radius 2 is 2.06 bits per heavy atom. The summed E-state index contributed by atoms with van der Waals surface area (Å²) in [7, 11) is 0. The average Bonchev–Trinajstić information content (AvgIpc) is 2.95. The van der Waals surface area contributed by atoms with Gasteiger partial charge in [0.15, 0.2) is 0 Å². The molecule has 0 radical (unpaired) electrons. The zero-order chi connectivity index (χ0) is 11.0. The fraction of sp³-hybridized carbons (Fsp3) is 1.00. The molecule has 1 aliphatic carbocycles. The van der Waals surface area contributed by atoms with E-state index in [0.29, 0.717) is 6.10 Å². The fourth-order valence-corrected chi connectivity index (χ4v) is 3.28. The monoisotopic (exact) mass is 224 g/mol. The lowest BCUT2D eigenvalue weighted by molar-refractivity contribution is 0.0457. The van der Waals surface area contributed by atoms with E-state index in [0.717, 1.165) is 25.6 Å². The van der Waals surface area contributed by atoms with Crippen LogP contribution in [0.2, 0.25) is 0 Å². The van der Waals surface area contributed by atoms with Crippen LogP contribution in [0.3, 0.4) is 0 Å². The van der Waals surface area contributed by atoms with Gasteiger partial charge in [0.1, 0.15) is 0 Å². The Hall–Kier alpha value is -0.120. The largest absolute Gasteiger partial charge is 0.378 e. The molecule has 3 fully saturated rings. The van der Waals surface area contributed by atoms with E-state index in [1.807, 2.05) is 0 Å².